The summed E-state index contributed by atoms with van der Waals surface area (Å²) in [5.74, 6) is 1.60. The van der Waals surface area contributed by atoms with Gasteiger partial charge in [0.15, 0.2) is 0 Å². The van der Waals surface area contributed by atoms with Gasteiger partial charge in [0.25, 0.3) is 0 Å². The van der Waals surface area contributed by atoms with Gasteiger partial charge in [0.2, 0.25) is 11.9 Å². The molecule has 1 aliphatic carbocycles. The molecule has 0 unspecified atom stereocenters. The van der Waals surface area contributed by atoms with Crippen LogP contribution in [-0.2, 0) is 4.79 Å². The van der Waals surface area contributed by atoms with E-state index in [2.05, 4.69) is 9.89 Å². The number of aliphatic imine (C=N–C) groups is 1. The van der Waals surface area contributed by atoms with Crippen molar-refractivity contribution in [1.29, 1.82) is 0 Å². The first-order chi connectivity index (χ1) is 9.36. The summed E-state index contributed by atoms with van der Waals surface area (Å²) in [6, 6.07) is 0. The lowest BCUT2D eigenvalue weighted by molar-refractivity contribution is -0.132. The van der Waals surface area contributed by atoms with Crippen molar-refractivity contribution in [3.05, 3.63) is 0 Å². The van der Waals surface area contributed by atoms with Gasteiger partial charge in [-0.05, 0) is 32.1 Å². The molecule has 0 radical (unpaired) electrons. The minimum atomic E-state index is 0.266. The first kappa shape index (κ1) is 12.9. The van der Waals surface area contributed by atoms with E-state index in [4.69, 9.17) is 0 Å². The van der Waals surface area contributed by atoms with Crippen LogP contribution in [0, 0.1) is 5.92 Å². The fraction of sp³-hybridized carbons (Fsp3) is 0.867. The second-order valence-corrected chi connectivity index (χ2v) is 6.05. The van der Waals surface area contributed by atoms with Crippen molar-refractivity contribution >= 4 is 11.9 Å². The number of nitrogens with zero attached hydrogens (tertiary/aromatic N) is 3. The van der Waals surface area contributed by atoms with Crippen molar-refractivity contribution in [2.45, 2.75) is 51.4 Å². The van der Waals surface area contributed by atoms with E-state index in [1.165, 1.54) is 38.5 Å². The average molecular weight is 263 g/mol. The maximum Gasteiger partial charge on any atom is 0.232 e. The molecule has 0 aromatic carbocycles. The van der Waals surface area contributed by atoms with E-state index < -0.39 is 0 Å². The Labute approximate surface area is 115 Å². The zero-order valence-corrected chi connectivity index (χ0v) is 11.8. The molecule has 0 atom stereocenters. The Bertz CT molecular complexity index is 354. The highest BCUT2D eigenvalue weighted by molar-refractivity contribution is 5.99. The average Bonchev–Trinajstić information content (AvgIpc) is 2.98. The van der Waals surface area contributed by atoms with Gasteiger partial charge in [-0.2, -0.15) is 0 Å². The lowest BCUT2D eigenvalue weighted by Gasteiger charge is -2.34. The third-order valence-electron chi connectivity index (χ3n) is 4.68. The first-order valence-corrected chi connectivity index (χ1v) is 7.97. The van der Waals surface area contributed by atoms with Crippen LogP contribution in [0.1, 0.15) is 51.4 Å². The number of rotatable bonds is 1. The van der Waals surface area contributed by atoms with Gasteiger partial charge in [-0.25, -0.2) is 0 Å². The van der Waals surface area contributed by atoms with Gasteiger partial charge in [0.1, 0.15) is 0 Å². The topological polar surface area (TPSA) is 35.9 Å². The van der Waals surface area contributed by atoms with Crippen molar-refractivity contribution in [2.24, 2.45) is 10.9 Å². The molecule has 2 aliphatic heterocycles. The third kappa shape index (κ3) is 2.77. The largest absolute Gasteiger partial charge is 0.342 e. The summed E-state index contributed by atoms with van der Waals surface area (Å²) in [6.45, 7) is 3.76. The molecular formula is C15H25N3O. The Morgan fingerprint density at radius 2 is 1.63 bits per heavy atom. The molecule has 2 heterocycles. The van der Waals surface area contributed by atoms with E-state index in [0.717, 1.165) is 45.0 Å². The van der Waals surface area contributed by atoms with Crippen molar-refractivity contribution in [3.63, 3.8) is 0 Å². The third-order valence-corrected chi connectivity index (χ3v) is 4.68. The van der Waals surface area contributed by atoms with Crippen LogP contribution < -0.4 is 0 Å². The van der Waals surface area contributed by atoms with Gasteiger partial charge in [-0.3, -0.25) is 14.7 Å². The van der Waals surface area contributed by atoms with E-state index in [0.29, 0.717) is 5.91 Å². The van der Waals surface area contributed by atoms with E-state index in [1.54, 1.807) is 0 Å². The molecule has 1 saturated carbocycles. The highest BCUT2D eigenvalue weighted by atomic mass is 16.2. The van der Waals surface area contributed by atoms with Crippen LogP contribution in [0.4, 0.5) is 0 Å². The zero-order chi connectivity index (χ0) is 13.1. The van der Waals surface area contributed by atoms with Crippen molar-refractivity contribution < 1.29 is 4.79 Å². The number of amides is 1. The van der Waals surface area contributed by atoms with Crippen LogP contribution in [0.15, 0.2) is 4.99 Å². The Morgan fingerprint density at radius 1 is 0.947 bits per heavy atom. The summed E-state index contributed by atoms with van der Waals surface area (Å²) < 4.78 is 0. The predicted molar refractivity (Wildman–Crippen MR) is 76.0 cm³/mol. The van der Waals surface area contributed by atoms with Crippen LogP contribution >= 0.6 is 0 Å². The molecule has 0 aromatic heterocycles. The van der Waals surface area contributed by atoms with E-state index in [1.807, 2.05) is 4.90 Å². The van der Waals surface area contributed by atoms with Crippen LogP contribution in [-0.4, -0.2) is 47.8 Å². The zero-order valence-electron chi connectivity index (χ0n) is 11.8. The summed E-state index contributed by atoms with van der Waals surface area (Å²) in [5.41, 5.74) is 0. The van der Waals surface area contributed by atoms with Gasteiger partial charge in [0, 0.05) is 25.6 Å². The maximum absolute atomic E-state index is 12.7. The van der Waals surface area contributed by atoms with Gasteiger partial charge in [-0.1, -0.05) is 19.3 Å². The molecule has 0 aromatic rings. The van der Waals surface area contributed by atoms with Crippen molar-refractivity contribution in [2.75, 3.05) is 26.2 Å². The lowest BCUT2D eigenvalue weighted by atomic mass is 9.88. The minimum absolute atomic E-state index is 0.266. The van der Waals surface area contributed by atoms with E-state index >= 15 is 0 Å². The maximum atomic E-state index is 12.7. The Hall–Kier alpha value is -1.06. The second-order valence-electron chi connectivity index (χ2n) is 6.05. The number of hydrogen-bond donors (Lipinski definition) is 0. The molecule has 1 amide bonds. The predicted octanol–water partition coefficient (Wildman–Crippen LogP) is 2.25. The van der Waals surface area contributed by atoms with Crippen LogP contribution in [0.2, 0.25) is 0 Å². The number of carbonyl (C=O) groups is 1. The smallest absolute Gasteiger partial charge is 0.232 e. The number of carbonyl (C=O) groups excluding carboxylic acids is 1. The molecule has 3 aliphatic rings. The SMILES string of the molecule is O=C(C1CCCCC1)N1CCN=C1N1CCCCC1. The van der Waals surface area contributed by atoms with Crippen molar-refractivity contribution in [3.8, 4) is 0 Å². The molecule has 2 fully saturated rings. The van der Waals surface area contributed by atoms with Gasteiger partial charge in [-0.15, -0.1) is 0 Å². The van der Waals surface area contributed by atoms with Crippen LogP contribution in [0.3, 0.4) is 0 Å². The van der Waals surface area contributed by atoms with Crippen LogP contribution in [0.5, 0.6) is 0 Å². The van der Waals surface area contributed by atoms with E-state index in [-0.39, 0.29) is 5.92 Å². The Balaban J connectivity index is 1.65. The minimum Gasteiger partial charge on any atom is -0.342 e. The molecule has 19 heavy (non-hydrogen) atoms. The summed E-state index contributed by atoms with van der Waals surface area (Å²) >= 11 is 0. The highest BCUT2D eigenvalue weighted by Gasteiger charge is 2.33. The van der Waals surface area contributed by atoms with Crippen molar-refractivity contribution in [1.82, 2.24) is 9.80 Å². The first-order valence-electron chi connectivity index (χ1n) is 7.97. The monoisotopic (exact) mass is 263 g/mol. The standard InChI is InChI=1S/C15H25N3O/c19-14(13-7-3-1-4-8-13)18-12-9-16-15(18)17-10-5-2-6-11-17/h13H,1-12H2. The Morgan fingerprint density at radius 3 is 2.37 bits per heavy atom. The summed E-state index contributed by atoms with van der Waals surface area (Å²) in [5, 5.41) is 0. The molecule has 0 bridgehead atoms. The summed E-state index contributed by atoms with van der Waals surface area (Å²) in [6.07, 6.45) is 9.72. The number of hydrogen-bond acceptors (Lipinski definition) is 3. The fourth-order valence-electron chi connectivity index (χ4n) is 3.58. The Kier molecular flexibility index (Phi) is 4.04. The molecule has 1 saturated heterocycles. The molecule has 4 heteroatoms. The van der Waals surface area contributed by atoms with Gasteiger partial charge >= 0.3 is 0 Å². The molecule has 3 rings (SSSR count). The summed E-state index contributed by atoms with van der Waals surface area (Å²) in [7, 11) is 0. The summed E-state index contributed by atoms with van der Waals surface area (Å²) in [4.78, 5) is 21.6. The van der Waals surface area contributed by atoms with Gasteiger partial charge < -0.3 is 4.90 Å². The van der Waals surface area contributed by atoms with Crippen LogP contribution in [0.25, 0.3) is 0 Å². The number of likely N-dealkylation sites (tertiary alicyclic amines) is 1. The molecular weight excluding hydrogens is 238 g/mol. The molecule has 106 valence electrons. The molecule has 0 N–H and O–H groups in total. The highest BCUT2D eigenvalue weighted by Crippen LogP contribution is 2.27. The molecule has 0 spiro atoms. The lowest BCUT2D eigenvalue weighted by Crippen LogP contribution is -2.48. The fourth-order valence-corrected chi connectivity index (χ4v) is 3.58. The molecule has 4 nitrogen and oxygen atoms in total. The number of piperidine rings is 1. The quantitative estimate of drug-likeness (QED) is 0.727. The number of guanidine groups is 1. The normalized spacial score (nSPS) is 25.6. The second kappa shape index (κ2) is 5.93. The van der Waals surface area contributed by atoms with E-state index in [9.17, 15) is 4.79 Å². The van der Waals surface area contributed by atoms with Gasteiger partial charge in [0.05, 0.1) is 6.54 Å².